The molecule has 2 aliphatic carbocycles. The topological polar surface area (TPSA) is 106 Å². The highest BCUT2D eigenvalue weighted by Gasteiger charge is 2.46. The number of hydrogen-bond donors (Lipinski definition) is 0. The molecular weight excluding hydrogens is 863 g/mol. The van der Waals surface area contributed by atoms with Crippen molar-refractivity contribution in [3.8, 4) is 56.8 Å². The maximum absolute atomic E-state index is 6.42. The van der Waals surface area contributed by atoms with Crippen LogP contribution >= 0.6 is 0 Å². The second-order valence-corrected chi connectivity index (χ2v) is 17.6. The Kier molecular flexibility index (Phi) is 8.97. The normalized spacial score (nSPS) is 15.3. The van der Waals surface area contributed by atoms with Crippen LogP contribution in [0.1, 0.15) is 27.8 Å². The fourth-order valence-corrected chi connectivity index (χ4v) is 10.5. The van der Waals surface area contributed by atoms with Gasteiger partial charge >= 0.3 is 5.95 Å². The highest BCUT2D eigenvalue weighted by atomic mass is 16.4. The second kappa shape index (κ2) is 15.8. The van der Waals surface area contributed by atoms with E-state index in [1.165, 1.54) is 22.3 Å². The number of para-hydroxylation sites is 4. The van der Waals surface area contributed by atoms with Gasteiger partial charge in [0.2, 0.25) is 29.3 Å². The van der Waals surface area contributed by atoms with Crippen LogP contribution in [0, 0.1) is 0 Å². The number of rotatable bonds is 8. The van der Waals surface area contributed by atoms with Gasteiger partial charge in [0.15, 0.2) is 11.2 Å². The third-order valence-corrected chi connectivity index (χ3v) is 13.6. The molecule has 4 heterocycles. The first-order valence-electron chi connectivity index (χ1n) is 23.3. The van der Waals surface area contributed by atoms with Crippen molar-refractivity contribution in [1.82, 2.24) is 24.9 Å². The van der Waals surface area contributed by atoms with Gasteiger partial charge in [-0.3, -0.25) is 0 Å². The number of hydrogen-bond acceptors (Lipinski definition) is 8. The van der Waals surface area contributed by atoms with E-state index in [0.29, 0.717) is 57.2 Å². The third kappa shape index (κ3) is 6.29. The first kappa shape index (κ1) is 39.7. The Labute approximate surface area is 401 Å². The minimum atomic E-state index is -0.628. The molecule has 328 valence electrons. The summed E-state index contributed by atoms with van der Waals surface area (Å²) in [7, 11) is 0. The fourth-order valence-electron chi connectivity index (χ4n) is 10.5. The highest BCUT2D eigenvalue weighted by Crippen LogP contribution is 2.56. The van der Waals surface area contributed by atoms with E-state index in [-0.39, 0.29) is 6.04 Å². The van der Waals surface area contributed by atoms with Crippen LogP contribution in [0.3, 0.4) is 0 Å². The minimum absolute atomic E-state index is 0.261. The van der Waals surface area contributed by atoms with Crippen LogP contribution in [0.25, 0.3) is 79.0 Å². The molecule has 14 rings (SSSR count). The number of benzene rings is 8. The van der Waals surface area contributed by atoms with Gasteiger partial charge in [0, 0.05) is 27.8 Å². The standard InChI is InChI=1S/C61H38N7O2/c1-4-18-38(19-5-1)57-62-49-26-12-15-29-52(49)68(57)60-66-55(39-32-33-46-45-24-10-11-25-47(45)61(48(46)37-39,43-20-6-2-7-21-43)44-22-8-3-9-23-44)65-56(67-60)40-34-41(58-63-50-27-13-16-30-53(50)69-58)36-42(35-40)59-64-51-28-14-17-31-54(51)70-59/h1-37,52H/q+1. The lowest BCUT2D eigenvalue weighted by atomic mass is 9.67. The van der Waals surface area contributed by atoms with Crippen LogP contribution in [0.4, 0.5) is 5.95 Å². The Balaban J connectivity index is 1.03. The smallest absolute Gasteiger partial charge is 0.390 e. The Bertz CT molecular complexity index is 3820. The number of fused-ring (bicyclic) bond motifs is 6. The predicted octanol–water partition coefficient (Wildman–Crippen LogP) is 13.2. The molecule has 0 N–H and O–H groups in total. The molecule has 9 heteroatoms. The number of amidine groups is 1. The van der Waals surface area contributed by atoms with Crippen LogP contribution in [0.5, 0.6) is 0 Å². The Morgan fingerprint density at radius 2 is 0.986 bits per heavy atom. The first-order chi connectivity index (χ1) is 34.7. The summed E-state index contributed by atoms with van der Waals surface area (Å²) >= 11 is 0. The van der Waals surface area contributed by atoms with Gasteiger partial charge in [0.1, 0.15) is 22.8 Å². The summed E-state index contributed by atoms with van der Waals surface area (Å²) in [5, 5.41) is 0. The summed E-state index contributed by atoms with van der Waals surface area (Å²) in [6, 6.07) is 68.5. The Morgan fingerprint density at radius 3 is 1.64 bits per heavy atom. The maximum Gasteiger partial charge on any atom is 0.390 e. The van der Waals surface area contributed by atoms with Crippen LogP contribution in [-0.2, 0) is 5.41 Å². The molecule has 70 heavy (non-hydrogen) atoms. The summed E-state index contributed by atoms with van der Waals surface area (Å²) in [5.74, 6) is 3.02. The minimum Gasteiger partial charge on any atom is -0.436 e. The molecule has 0 saturated carbocycles. The zero-order valence-corrected chi connectivity index (χ0v) is 37.4. The lowest BCUT2D eigenvalue weighted by molar-refractivity contribution is -0.455. The molecule has 0 radical (unpaired) electrons. The largest absolute Gasteiger partial charge is 0.436 e. The number of oxazole rings is 2. The van der Waals surface area contributed by atoms with Crippen LogP contribution in [-0.4, -0.2) is 47.1 Å². The molecular formula is C61H38N7O2+. The van der Waals surface area contributed by atoms with Gasteiger partial charge in [-0.15, -0.1) is 4.99 Å². The van der Waals surface area contributed by atoms with Gasteiger partial charge in [0.25, 0.3) is 0 Å². The summed E-state index contributed by atoms with van der Waals surface area (Å²) in [6.45, 7) is 0. The van der Waals surface area contributed by atoms with Gasteiger partial charge in [0.05, 0.1) is 5.41 Å². The van der Waals surface area contributed by atoms with E-state index in [2.05, 4.69) is 138 Å². The molecule has 3 aromatic heterocycles. The van der Waals surface area contributed by atoms with Crippen molar-refractivity contribution in [3.05, 3.63) is 252 Å². The van der Waals surface area contributed by atoms with Crippen molar-refractivity contribution in [1.29, 1.82) is 0 Å². The first-order valence-corrected chi connectivity index (χ1v) is 23.3. The molecule has 0 fully saturated rings. The van der Waals surface area contributed by atoms with E-state index in [4.69, 9.17) is 38.7 Å². The van der Waals surface area contributed by atoms with Gasteiger partial charge in [-0.1, -0.05) is 156 Å². The SMILES string of the molecule is C1=CC2=NC(c3ccccc3)=[N+](c3nc(-c4cc(-c5nc6ccccc6o5)cc(-c5nc6ccccc6o5)c4)nc(-c4ccc5c(c4)C(c4ccccc4)(c4ccccc4)c4ccccc4-5)n3)C2C=C1. The van der Waals surface area contributed by atoms with Gasteiger partial charge in [-0.25, -0.2) is 14.5 Å². The van der Waals surface area contributed by atoms with E-state index >= 15 is 0 Å². The number of nitrogens with zero attached hydrogens (tertiary/aromatic N) is 7. The van der Waals surface area contributed by atoms with Crippen molar-refractivity contribution in [2.75, 3.05) is 0 Å². The monoisotopic (exact) mass is 900 g/mol. The van der Waals surface area contributed by atoms with Crippen molar-refractivity contribution in [2.45, 2.75) is 11.5 Å². The van der Waals surface area contributed by atoms with Gasteiger partial charge in [-0.2, -0.15) is 4.98 Å². The molecule has 1 atom stereocenters. The molecule has 0 amide bonds. The van der Waals surface area contributed by atoms with Crippen molar-refractivity contribution >= 4 is 39.7 Å². The Hall–Kier alpha value is -9.47. The average molecular weight is 901 g/mol. The zero-order chi connectivity index (χ0) is 46.2. The van der Waals surface area contributed by atoms with E-state index in [9.17, 15) is 0 Å². The van der Waals surface area contributed by atoms with E-state index in [0.717, 1.165) is 44.8 Å². The number of aromatic nitrogens is 5. The van der Waals surface area contributed by atoms with Crippen LogP contribution in [0.2, 0.25) is 0 Å². The number of aliphatic imine (C=N–C) groups is 1. The highest BCUT2D eigenvalue weighted by molar-refractivity contribution is 6.14. The molecule has 9 nitrogen and oxygen atoms in total. The summed E-state index contributed by atoms with van der Waals surface area (Å²) < 4.78 is 15.0. The summed E-state index contributed by atoms with van der Waals surface area (Å²) in [5.41, 5.74) is 14.1. The quantitative estimate of drug-likeness (QED) is 0.140. The lowest BCUT2D eigenvalue weighted by Gasteiger charge is -2.34. The molecule has 3 aliphatic rings. The average Bonchev–Trinajstić information content (AvgIpc) is 4.23. The van der Waals surface area contributed by atoms with E-state index in [1.807, 2.05) is 91.0 Å². The molecule has 0 bridgehead atoms. The fraction of sp³-hybridized carbons (Fsp3) is 0.0328. The predicted molar refractivity (Wildman–Crippen MR) is 274 cm³/mol. The molecule has 0 spiro atoms. The van der Waals surface area contributed by atoms with E-state index < -0.39 is 5.41 Å². The van der Waals surface area contributed by atoms with Gasteiger partial charge in [-0.05, 0) is 112 Å². The summed E-state index contributed by atoms with van der Waals surface area (Å²) in [4.78, 5) is 31.4. The lowest BCUT2D eigenvalue weighted by Crippen LogP contribution is -2.29. The number of allylic oxidation sites excluding steroid dienone is 2. The van der Waals surface area contributed by atoms with Crippen molar-refractivity contribution in [3.63, 3.8) is 0 Å². The molecule has 0 saturated heterocycles. The zero-order valence-electron chi connectivity index (χ0n) is 37.4. The van der Waals surface area contributed by atoms with E-state index in [1.54, 1.807) is 0 Å². The second-order valence-electron chi connectivity index (χ2n) is 17.6. The Morgan fingerprint density at radius 1 is 0.429 bits per heavy atom. The molecule has 1 unspecified atom stereocenters. The van der Waals surface area contributed by atoms with Crippen LogP contribution < -0.4 is 0 Å². The van der Waals surface area contributed by atoms with Crippen molar-refractivity contribution in [2.24, 2.45) is 4.99 Å². The molecule has 8 aromatic carbocycles. The summed E-state index contributed by atoms with van der Waals surface area (Å²) in [6.07, 6.45) is 8.26. The van der Waals surface area contributed by atoms with Crippen molar-refractivity contribution < 1.29 is 13.4 Å². The van der Waals surface area contributed by atoms with Gasteiger partial charge < -0.3 is 8.83 Å². The third-order valence-electron chi connectivity index (χ3n) is 13.6. The molecule has 1 aliphatic heterocycles. The van der Waals surface area contributed by atoms with Crippen LogP contribution in [0.15, 0.2) is 238 Å². The molecule has 11 aromatic rings. The maximum atomic E-state index is 6.42.